The summed E-state index contributed by atoms with van der Waals surface area (Å²) in [5, 5.41) is 13.4. The third-order valence-corrected chi connectivity index (χ3v) is 6.02. The summed E-state index contributed by atoms with van der Waals surface area (Å²) in [7, 11) is 0. The number of nitrogens with zero attached hydrogens (tertiary/aromatic N) is 3. The van der Waals surface area contributed by atoms with Crippen molar-refractivity contribution in [1.82, 2.24) is 14.7 Å². The normalized spacial score (nSPS) is 32.8. The summed E-state index contributed by atoms with van der Waals surface area (Å²) >= 11 is 0. The van der Waals surface area contributed by atoms with Crippen LogP contribution in [0, 0.1) is 0 Å². The molecular weight excluding hydrogens is 320 g/mol. The third kappa shape index (κ3) is 3.50. The molecule has 0 spiro atoms. The zero-order valence-electron chi connectivity index (χ0n) is 14.8. The second kappa shape index (κ2) is 7.51. The van der Waals surface area contributed by atoms with Gasteiger partial charge in [0.05, 0.1) is 32.1 Å². The van der Waals surface area contributed by atoms with Crippen LogP contribution in [0.4, 0.5) is 5.69 Å². The van der Waals surface area contributed by atoms with Gasteiger partial charge in [-0.15, -0.1) is 5.10 Å². The van der Waals surface area contributed by atoms with E-state index in [2.05, 4.69) is 10.00 Å². The van der Waals surface area contributed by atoms with Crippen LogP contribution in [0.15, 0.2) is 6.20 Å². The number of morpholine rings is 1. The Kier molecular flexibility index (Phi) is 5.15. The fraction of sp³-hybridized carbons (Fsp3) is 0.833. The molecule has 3 fully saturated rings. The van der Waals surface area contributed by atoms with Gasteiger partial charge in [-0.2, -0.15) is 0 Å². The monoisotopic (exact) mass is 350 g/mol. The topological polar surface area (TPSA) is 85.8 Å². The first-order valence-corrected chi connectivity index (χ1v) is 9.69. The van der Waals surface area contributed by atoms with Gasteiger partial charge in [-0.25, -0.2) is 0 Å². The standard InChI is InChI=1S/C18H30N4O3/c19-17-10-21(20-18(17)25-9-1-8-23)13-2-4-14(5-3-13)22-15-6-7-16(22)12-24-11-15/h10,13-16,23H,1-9,11-12,19H2/t13-,14-,15-,16?/m1/s1. The number of rotatable bonds is 6. The minimum Gasteiger partial charge on any atom is -0.475 e. The van der Waals surface area contributed by atoms with E-state index in [0.717, 1.165) is 26.1 Å². The Balaban J connectivity index is 1.33. The van der Waals surface area contributed by atoms with Crippen molar-refractivity contribution in [2.24, 2.45) is 0 Å². The largest absolute Gasteiger partial charge is 0.475 e. The van der Waals surface area contributed by atoms with Gasteiger partial charge in [0.15, 0.2) is 0 Å². The van der Waals surface area contributed by atoms with Gasteiger partial charge in [-0.3, -0.25) is 9.58 Å². The fourth-order valence-corrected chi connectivity index (χ4v) is 4.80. The number of ether oxygens (including phenoxy) is 2. The van der Waals surface area contributed by atoms with Gasteiger partial charge >= 0.3 is 0 Å². The van der Waals surface area contributed by atoms with E-state index in [1.54, 1.807) is 0 Å². The Morgan fingerprint density at radius 3 is 2.40 bits per heavy atom. The minimum absolute atomic E-state index is 0.119. The molecule has 1 saturated carbocycles. The molecule has 140 valence electrons. The maximum Gasteiger partial charge on any atom is 0.256 e. The van der Waals surface area contributed by atoms with Crippen molar-refractivity contribution in [3.8, 4) is 5.88 Å². The maximum absolute atomic E-state index is 8.85. The van der Waals surface area contributed by atoms with Gasteiger partial charge in [0.1, 0.15) is 5.69 Å². The Morgan fingerprint density at radius 2 is 1.72 bits per heavy atom. The summed E-state index contributed by atoms with van der Waals surface area (Å²) in [6.07, 6.45) is 9.81. The van der Waals surface area contributed by atoms with Gasteiger partial charge in [-0.1, -0.05) is 0 Å². The van der Waals surface area contributed by atoms with Crippen LogP contribution in [-0.4, -0.2) is 64.3 Å². The van der Waals surface area contributed by atoms with E-state index in [9.17, 15) is 0 Å². The van der Waals surface area contributed by atoms with Gasteiger partial charge in [0, 0.05) is 31.2 Å². The Hall–Kier alpha value is -1.31. The zero-order valence-corrected chi connectivity index (χ0v) is 14.8. The number of anilines is 1. The molecule has 1 aromatic rings. The highest BCUT2D eigenvalue weighted by molar-refractivity contribution is 5.46. The van der Waals surface area contributed by atoms with Gasteiger partial charge in [-0.05, 0) is 38.5 Å². The Labute approximate surface area is 149 Å². The summed E-state index contributed by atoms with van der Waals surface area (Å²) in [5.41, 5.74) is 6.62. The van der Waals surface area contributed by atoms with E-state index in [-0.39, 0.29) is 6.61 Å². The molecule has 7 heteroatoms. The molecule has 2 aliphatic heterocycles. The number of hydrogen-bond donors (Lipinski definition) is 2. The highest BCUT2D eigenvalue weighted by atomic mass is 16.5. The average molecular weight is 350 g/mol. The molecule has 1 aromatic heterocycles. The first-order chi connectivity index (χ1) is 12.3. The molecule has 7 nitrogen and oxygen atoms in total. The fourth-order valence-electron chi connectivity index (χ4n) is 4.80. The summed E-state index contributed by atoms with van der Waals surface area (Å²) < 4.78 is 13.3. The molecule has 0 amide bonds. The number of nitrogens with two attached hydrogens (primary N) is 1. The molecule has 1 unspecified atom stereocenters. The quantitative estimate of drug-likeness (QED) is 0.758. The highest BCUT2D eigenvalue weighted by Crippen LogP contribution is 2.38. The van der Waals surface area contributed by atoms with E-state index in [4.69, 9.17) is 20.3 Å². The van der Waals surface area contributed by atoms with Crippen LogP contribution >= 0.6 is 0 Å². The maximum atomic E-state index is 8.85. The SMILES string of the molecule is Nc1cn([C@H]2CC[C@H](N3C4CC[C@@H]3COC4)CC2)nc1OCCCO. The number of hydrogen-bond acceptors (Lipinski definition) is 6. The lowest BCUT2D eigenvalue weighted by atomic mass is 9.89. The molecule has 2 bridgehead atoms. The second-order valence-corrected chi connectivity index (χ2v) is 7.63. The van der Waals surface area contributed by atoms with E-state index in [1.165, 1.54) is 25.7 Å². The second-order valence-electron chi connectivity index (χ2n) is 7.63. The van der Waals surface area contributed by atoms with Gasteiger partial charge in [0.25, 0.3) is 5.88 Å². The molecule has 3 aliphatic rings. The molecule has 0 aromatic carbocycles. The summed E-state index contributed by atoms with van der Waals surface area (Å²) in [5.74, 6) is 0.502. The van der Waals surface area contributed by atoms with E-state index >= 15 is 0 Å². The molecule has 3 N–H and O–H groups in total. The van der Waals surface area contributed by atoms with Crippen LogP contribution in [0.3, 0.4) is 0 Å². The van der Waals surface area contributed by atoms with Crippen LogP contribution in [0.5, 0.6) is 5.88 Å². The predicted octanol–water partition coefficient (Wildman–Crippen LogP) is 1.57. The molecule has 4 rings (SSSR count). The lowest BCUT2D eigenvalue weighted by Crippen LogP contribution is -2.52. The van der Waals surface area contributed by atoms with Crippen LogP contribution in [-0.2, 0) is 4.74 Å². The first kappa shape index (κ1) is 17.1. The molecule has 2 atom stereocenters. The van der Waals surface area contributed by atoms with Crippen molar-refractivity contribution in [1.29, 1.82) is 0 Å². The molecule has 25 heavy (non-hydrogen) atoms. The van der Waals surface area contributed by atoms with Crippen molar-refractivity contribution >= 4 is 5.69 Å². The van der Waals surface area contributed by atoms with Crippen LogP contribution in [0.25, 0.3) is 0 Å². The zero-order chi connectivity index (χ0) is 17.2. The van der Waals surface area contributed by atoms with E-state index in [1.807, 2.05) is 10.9 Å². The number of nitrogen functional groups attached to an aromatic ring is 1. The van der Waals surface area contributed by atoms with Crippen molar-refractivity contribution < 1.29 is 14.6 Å². The van der Waals surface area contributed by atoms with Crippen molar-refractivity contribution in [3.05, 3.63) is 6.20 Å². The smallest absolute Gasteiger partial charge is 0.256 e. The molecule has 1 aliphatic carbocycles. The predicted molar refractivity (Wildman–Crippen MR) is 94.6 cm³/mol. The van der Waals surface area contributed by atoms with Crippen LogP contribution < -0.4 is 10.5 Å². The number of fused-ring (bicyclic) bond motifs is 2. The lowest BCUT2D eigenvalue weighted by molar-refractivity contribution is -0.0458. The van der Waals surface area contributed by atoms with Crippen LogP contribution in [0.1, 0.15) is 51.0 Å². The minimum atomic E-state index is 0.119. The van der Waals surface area contributed by atoms with E-state index in [0.29, 0.717) is 48.8 Å². The van der Waals surface area contributed by atoms with Crippen molar-refractivity contribution in [2.75, 3.05) is 32.2 Å². The third-order valence-electron chi connectivity index (χ3n) is 6.02. The van der Waals surface area contributed by atoms with Crippen molar-refractivity contribution in [2.45, 2.75) is 69.1 Å². The molecule has 3 heterocycles. The Bertz CT molecular complexity index is 555. The number of aliphatic hydroxyl groups excluding tert-OH is 1. The number of aliphatic hydroxyl groups is 1. The van der Waals surface area contributed by atoms with Gasteiger partial charge in [0.2, 0.25) is 0 Å². The average Bonchev–Trinajstić information content (AvgIpc) is 3.12. The van der Waals surface area contributed by atoms with Crippen molar-refractivity contribution in [3.63, 3.8) is 0 Å². The van der Waals surface area contributed by atoms with Gasteiger partial charge < -0.3 is 20.3 Å². The lowest BCUT2D eigenvalue weighted by Gasteiger charge is -2.43. The summed E-state index contributed by atoms with van der Waals surface area (Å²) in [6.45, 7) is 2.40. The molecule has 2 saturated heterocycles. The summed E-state index contributed by atoms with van der Waals surface area (Å²) in [4.78, 5) is 2.76. The van der Waals surface area contributed by atoms with Crippen LogP contribution in [0.2, 0.25) is 0 Å². The van der Waals surface area contributed by atoms with E-state index < -0.39 is 0 Å². The number of aromatic nitrogens is 2. The first-order valence-electron chi connectivity index (χ1n) is 9.69. The molecular formula is C18H30N4O3. The highest BCUT2D eigenvalue weighted by Gasteiger charge is 2.42. The summed E-state index contributed by atoms with van der Waals surface area (Å²) in [6, 6.07) is 2.40. The molecule has 0 radical (unpaired) electrons. The Morgan fingerprint density at radius 1 is 1.08 bits per heavy atom.